The van der Waals surface area contributed by atoms with E-state index in [-0.39, 0.29) is 18.3 Å². The highest BCUT2D eigenvalue weighted by atomic mass is 35.5. The summed E-state index contributed by atoms with van der Waals surface area (Å²) in [4.78, 5) is 14.7. The molecule has 4 heteroatoms. The number of amides is 1. The third-order valence-electron chi connectivity index (χ3n) is 4.89. The van der Waals surface area contributed by atoms with Gasteiger partial charge in [-0.05, 0) is 50.4 Å². The second-order valence-corrected chi connectivity index (χ2v) is 6.15. The van der Waals surface area contributed by atoms with Crippen LogP contribution in [0.15, 0.2) is 18.2 Å². The van der Waals surface area contributed by atoms with Gasteiger partial charge < -0.3 is 10.2 Å². The van der Waals surface area contributed by atoms with E-state index in [9.17, 15) is 4.79 Å². The summed E-state index contributed by atoms with van der Waals surface area (Å²) in [6, 6.07) is 6.01. The zero-order valence-electron chi connectivity index (χ0n) is 12.2. The van der Waals surface area contributed by atoms with Crippen molar-refractivity contribution in [2.75, 3.05) is 26.2 Å². The minimum Gasteiger partial charge on any atom is -0.338 e. The lowest BCUT2D eigenvalue weighted by Crippen LogP contribution is -2.33. The molecule has 1 aromatic rings. The lowest BCUT2D eigenvalue weighted by molar-refractivity contribution is 0.0775. The molecule has 0 saturated carbocycles. The summed E-state index contributed by atoms with van der Waals surface area (Å²) >= 11 is 0. The minimum absolute atomic E-state index is 0. The highest BCUT2D eigenvalue weighted by Gasteiger charge is 2.42. The van der Waals surface area contributed by atoms with Crippen molar-refractivity contribution < 1.29 is 4.79 Å². The molecule has 1 unspecified atom stereocenters. The van der Waals surface area contributed by atoms with Gasteiger partial charge in [0.15, 0.2) is 0 Å². The van der Waals surface area contributed by atoms with Crippen LogP contribution >= 0.6 is 12.4 Å². The van der Waals surface area contributed by atoms with Crippen molar-refractivity contribution >= 4 is 18.3 Å². The fourth-order valence-electron chi connectivity index (χ4n) is 3.41. The van der Waals surface area contributed by atoms with Crippen LogP contribution in [0.2, 0.25) is 0 Å². The van der Waals surface area contributed by atoms with E-state index in [1.165, 1.54) is 12.0 Å². The van der Waals surface area contributed by atoms with Gasteiger partial charge in [0.25, 0.3) is 5.91 Å². The van der Waals surface area contributed by atoms with E-state index in [0.29, 0.717) is 5.41 Å². The topological polar surface area (TPSA) is 32.3 Å². The van der Waals surface area contributed by atoms with Crippen LogP contribution in [0.3, 0.4) is 0 Å². The molecule has 1 atom stereocenters. The molecule has 2 heterocycles. The van der Waals surface area contributed by atoms with Gasteiger partial charge in [-0.1, -0.05) is 12.1 Å². The van der Waals surface area contributed by atoms with Gasteiger partial charge in [-0.2, -0.15) is 0 Å². The molecule has 3 rings (SSSR count). The van der Waals surface area contributed by atoms with Crippen molar-refractivity contribution in [2.24, 2.45) is 5.41 Å². The Morgan fingerprint density at radius 3 is 2.80 bits per heavy atom. The smallest absolute Gasteiger partial charge is 0.254 e. The summed E-state index contributed by atoms with van der Waals surface area (Å²) in [7, 11) is 0. The maximum atomic E-state index is 12.7. The average molecular weight is 295 g/mol. The Hall–Kier alpha value is -1.06. The molecule has 0 aliphatic carbocycles. The third kappa shape index (κ3) is 2.57. The predicted octanol–water partition coefficient (Wildman–Crippen LogP) is 2.55. The van der Waals surface area contributed by atoms with Crippen molar-refractivity contribution in [3.63, 3.8) is 0 Å². The van der Waals surface area contributed by atoms with Gasteiger partial charge in [-0.15, -0.1) is 12.4 Å². The van der Waals surface area contributed by atoms with Gasteiger partial charge in [0.2, 0.25) is 0 Å². The Balaban J connectivity index is 0.00000147. The predicted molar refractivity (Wildman–Crippen MR) is 83.6 cm³/mol. The van der Waals surface area contributed by atoms with Gasteiger partial charge in [0.1, 0.15) is 0 Å². The molecule has 2 aliphatic rings. The number of aryl methyl sites for hydroxylation is 1. The lowest BCUT2D eigenvalue weighted by Gasteiger charge is -2.23. The molecule has 1 N–H and O–H groups in total. The quantitative estimate of drug-likeness (QED) is 0.863. The van der Waals surface area contributed by atoms with Crippen LogP contribution in [-0.2, 0) is 0 Å². The molecule has 2 fully saturated rings. The Kier molecular flexibility index (Phi) is 4.40. The number of rotatable bonds is 1. The number of nitrogens with zero attached hydrogens (tertiary/aromatic N) is 1. The molecule has 0 bridgehead atoms. The first-order chi connectivity index (χ1) is 9.11. The van der Waals surface area contributed by atoms with Crippen LogP contribution in [0, 0.1) is 19.3 Å². The van der Waals surface area contributed by atoms with Crippen molar-refractivity contribution in [1.82, 2.24) is 10.2 Å². The fourth-order valence-corrected chi connectivity index (χ4v) is 3.41. The van der Waals surface area contributed by atoms with E-state index in [0.717, 1.165) is 43.7 Å². The monoisotopic (exact) mass is 294 g/mol. The first kappa shape index (κ1) is 15.3. The number of hydrogen-bond donors (Lipinski definition) is 1. The zero-order chi connectivity index (χ0) is 13.5. The molecule has 0 radical (unpaired) electrons. The SMILES string of the molecule is Cc1cccc(C(=O)N2CCC3(CCNC3)C2)c1C.Cl. The van der Waals surface area contributed by atoms with Crippen LogP contribution in [0.1, 0.15) is 34.3 Å². The third-order valence-corrected chi connectivity index (χ3v) is 4.89. The molecule has 1 amide bonds. The largest absolute Gasteiger partial charge is 0.338 e. The zero-order valence-corrected chi connectivity index (χ0v) is 13.1. The Bertz CT molecular complexity index is 509. The van der Waals surface area contributed by atoms with Crippen LogP contribution in [0.4, 0.5) is 0 Å². The Morgan fingerprint density at radius 2 is 2.10 bits per heavy atom. The maximum absolute atomic E-state index is 12.7. The molecule has 2 saturated heterocycles. The molecular formula is C16H23ClN2O. The van der Waals surface area contributed by atoms with Crippen LogP contribution in [-0.4, -0.2) is 37.0 Å². The van der Waals surface area contributed by atoms with E-state index >= 15 is 0 Å². The van der Waals surface area contributed by atoms with Crippen LogP contribution < -0.4 is 5.32 Å². The summed E-state index contributed by atoms with van der Waals surface area (Å²) in [5.74, 6) is 0.213. The van der Waals surface area contributed by atoms with Crippen LogP contribution in [0.5, 0.6) is 0 Å². The maximum Gasteiger partial charge on any atom is 0.254 e. The normalized spacial score (nSPS) is 25.0. The first-order valence-electron chi connectivity index (χ1n) is 7.18. The Morgan fingerprint density at radius 1 is 1.30 bits per heavy atom. The second-order valence-electron chi connectivity index (χ2n) is 6.15. The molecule has 1 aromatic carbocycles. The van der Waals surface area contributed by atoms with E-state index in [1.807, 2.05) is 19.1 Å². The van der Waals surface area contributed by atoms with Crippen molar-refractivity contribution in [3.05, 3.63) is 34.9 Å². The molecule has 2 aliphatic heterocycles. The Labute approximate surface area is 127 Å². The lowest BCUT2D eigenvalue weighted by atomic mass is 9.86. The highest BCUT2D eigenvalue weighted by molar-refractivity contribution is 5.96. The average Bonchev–Trinajstić information content (AvgIpc) is 3.03. The molecule has 110 valence electrons. The first-order valence-corrected chi connectivity index (χ1v) is 7.18. The minimum atomic E-state index is 0. The number of hydrogen-bond acceptors (Lipinski definition) is 2. The van der Waals surface area contributed by atoms with E-state index in [2.05, 4.69) is 23.2 Å². The van der Waals surface area contributed by atoms with Crippen molar-refractivity contribution in [1.29, 1.82) is 0 Å². The van der Waals surface area contributed by atoms with Gasteiger partial charge in [-0.25, -0.2) is 0 Å². The molecule has 3 nitrogen and oxygen atoms in total. The van der Waals surface area contributed by atoms with E-state index in [1.54, 1.807) is 0 Å². The van der Waals surface area contributed by atoms with Crippen molar-refractivity contribution in [3.8, 4) is 0 Å². The molecule has 0 aromatic heterocycles. The second kappa shape index (κ2) is 5.74. The van der Waals surface area contributed by atoms with Gasteiger partial charge in [0.05, 0.1) is 0 Å². The number of nitrogens with one attached hydrogen (secondary N) is 1. The number of carbonyl (C=O) groups is 1. The van der Waals surface area contributed by atoms with Crippen molar-refractivity contribution in [2.45, 2.75) is 26.7 Å². The number of carbonyl (C=O) groups excluding carboxylic acids is 1. The highest BCUT2D eigenvalue weighted by Crippen LogP contribution is 2.36. The number of benzene rings is 1. The standard InChI is InChI=1S/C16H22N2O.ClH/c1-12-4-3-5-14(13(12)2)15(19)18-9-7-16(11-18)6-8-17-10-16;/h3-5,17H,6-11H2,1-2H3;1H. The van der Waals surface area contributed by atoms with E-state index in [4.69, 9.17) is 0 Å². The molecular weight excluding hydrogens is 272 g/mol. The van der Waals surface area contributed by atoms with Crippen LogP contribution in [0.25, 0.3) is 0 Å². The molecule has 1 spiro atoms. The number of likely N-dealkylation sites (tertiary alicyclic amines) is 1. The van der Waals surface area contributed by atoms with Gasteiger partial charge in [-0.3, -0.25) is 4.79 Å². The molecule has 20 heavy (non-hydrogen) atoms. The summed E-state index contributed by atoms with van der Waals surface area (Å²) in [6.07, 6.45) is 2.36. The summed E-state index contributed by atoms with van der Waals surface area (Å²) in [5, 5.41) is 3.44. The summed E-state index contributed by atoms with van der Waals surface area (Å²) in [6.45, 7) is 8.12. The van der Waals surface area contributed by atoms with Gasteiger partial charge >= 0.3 is 0 Å². The van der Waals surface area contributed by atoms with Gasteiger partial charge in [0, 0.05) is 30.6 Å². The summed E-state index contributed by atoms with van der Waals surface area (Å²) in [5.41, 5.74) is 3.55. The van der Waals surface area contributed by atoms with E-state index < -0.39 is 0 Å². The number of halogens is 1. The summed E-state index contributed by atoms with van der Waals surface area (Å²) < 4.78 is 0. The fraction of sp³-hybridized carbons (Fsp3) is 0.562.